The van der Waals surface area contributed by atoms with E-state index in [1.807, 2.05) is 18.7 Å². The predicted octanol–water partition coefficient (Wildman–Crippen LogP) is 1.83. The number of likely N-dealkylation sites (N-methyl/N-ethyl adjacent to an activating group) is 1. The lowest BCUT2D eigenvalue weighted by Gasteiger charge is -2.23. The molecule has 27 heavy (non-hydrogen) atoms. The van der Waals surface area contributed by atoms with E-state index in [2.05, 4.69) is 0 Å². The van der Waals surface area contributed by atoms with E-state index in [9.17, 15) is 13.2 Å². The van der Waals surface area contributed by atoms with E-state index in [4.69, 9.17) is 16.3 Å². The summed E-state index contributed by atoms with van der Waals surface area (Å²) in [6.07, 6.45) is 0.656. The molecule has 1 aromatic rings. The third-order valence-electron chi connectivity index (χ3n) is 4.55. The molecule has 0 bridgehead atoms. The summed E-state index contributed by atoms with van der Waals surface area (Å²) in [4.78, 5) is 15.6. The number of nitrogens with zero attached hydrogens (tertiary/aromatic N) is 3. The van der Waals surface area contributed by atoms with Crippen LogP contribution in [-0.4, -0.2) is 81.9 Å². The van der Waals surface area contributed by atoms with Gasteiger partial charge in [0.05, 0.1) is 13.2 Å². The molecule has 0 N–H and O–H groups in total. The Morgan fingerprint density at radius 2 is 1.93 bits per heavy atom. The van der Waals surface area contributed by atoms with E-state index in [1.165, 1.54) is 10.4 Å². The molecule has 1 amide bonds. The smallest absolute Gasteiger partial charge is 0.246 e. The highest BCUT2D eigenvalue weighted by atomic mass is 35.5. The Bertz CT molecular complexity index is 783. The van der Waals surface area contributed by atoms with Crippen molar-refractivity contribution in [3.05, 3.63) is 22.7 Å². The van der Waals surface area contributed by atoms with Crippen molar-refractivity contribution in [2.24, 2.45) is 0 Å². The van der Waals surface area contributed by atoms with E-state index >= 15 is 0 Å². The summed E-state index contributed by atoms with van der Waals surface area (Å²) in [5.41, 5.74) is 0.767. The normalized spacial score (nSPS) is 16.8. The molecule has 2 rings (SSSR count). The Morgan fingerprint density at radius 1 is 1.22 bits per heavy atom. The van der Waals surface area contributed by atoms with Gasteiger partial charge < -0.3 is 9.64 Å². The van der Waals surface area contributed by atoms with Crippen LogP contribution in [0.25, 0.3) is 0 Å². The molecule has 7 nitrogen and oxygen atoms in total. The topological polar surface area (TPSA) is 70.2 Å². The first-order chi connectivity index (χ1) is 12.7. The van der Waals surface area contributed by atoms with Crippen molar-refractivity contribution in [1.82, 2.24) is 14.1 Å². The van der Waals surface area contributed by atoms with Gasteiger partial charge in [0.25, 0.3) is 0 Å². The number of aryl methyl sites for hydroxylation is 1. The quantitative estimate of drug-likeness (QED) is 0.706. The Hall–Kier alpha value is -1.35. The molecule has 0 unspecified atom stereocenters. The zero-order valence-electron chi connectivity index (χ0n) is 16.4. The standard InChI is InChI=1S/C18H28ClN3O4S/c1-5-26-16-11-14(2)15(19)12-17(16)27(24,25)22-8-6-7-21(9-10-22)13-18(23)20(3)4/h11-12H,5-10,13H2,1-4H3. The van der Waals surface area contributed by atoms with Gasteiger partial charge in [-0.1, -0.05) is 11.6 Å². The molecule has 1 aliphatic rings. The average molecular weight is 418 g/mol. The van der Waals surface area contributed by atoms with Gasteiger partial charge in [0, 0.05) is 38.8 Å². The zero-order valence-corrected chi connectivity index (χ0v) is 17.9. The van der Waals surface area contributed by atoms with E-state index in [-0.39, 0.29) is 10.8 Å². The lowest BCUT2D eigenvalue weighted by molar-refractivity contribution is -0.129. The van der Waals surface area contributed by atoms with Crippen molar-refractivity contribution < 1.29 is 17.9 Å². The van der Waals surface area contributed by atoms with Gasteiger partial charge in [-0.3, -0.25) is 9.69 Å². The first-order valence-corrected chi connectivity index (χ1v) is 10.8. The van der Waals surface area contributed by atoms with Gasteiger partial charge in [0.15, 0.2) is 0 Å². The summed E-state index contributed by atoms with van der Waals surface area (Å²) in [5, 5.41) is 0.394. The monoisotopic (exact) mass is 417 g/mol. The number of amides is 1. The van der Waals surface area contributed by atoms with Gasteiger partial charge in [-0.05, 0) is 44.5 Å². The van der Waals surface area contributed by atoms with Crippen LogP contribution in [0.3, 0.4) is 0 Å². The maximum atomic E-state index is 13.2. The molecule has 0 saturated carbocycles. The zero-order chi connectivity index (χ0) is 20.2. The molecule has 1 heterocycles. The lowest BCUT2D eigenvalue weighted by atomic mass is 10.2. The highest BCUT2D eigenvalue weighted by molar-refractivity contribution is 7.89. The molecule has 0 spiro atoms. The van der Waals surface area contributed by atoms with Crippen molar-refractivity contribution in [2.75, 3.05) is 53.4 Å². The Kier molecular flexibility index (Phi) is 7.50. The summed E-state index contributed by atoms with van der Waals surface area (Å²) in [5.74, 6) is 0.332. The van der Waals surface area contributed by atoms with Crippen LogP contribution in [0.4, 0.5) is 0 Å². The largest absolute Gasteiger partial charge is 0.492 e. The number of rotatable bonds is 6. The van der Waals surface area contributed by atoms with Crippen molar-refractivity contribution in [3.8, 4) is 5.75 Å². The lowest BCUT2D eigenvalue weighted by Crippen LogP contribution is -2.39. The number of hydrogen-bond acceptors (Lipinski definition) is 5. The van der Waals surface area contributed by atoms with Crippen molar-refractivity contribution in [3.63, 3.8) is 0 Å². The van der Waals surface area contributed by atoms with Crippen LogP contribution in [0, 0.1) is 6.92 Å². The second-order valence-corrected chi connectivity index (χ2v) is 9.12. The second kappa shape index (κ2) is 9.23. The van der Waals surface area contributed by atoms with Crippen molar-refractivity contribution in [2.45, 2.75) is 25.2 Å². The fourth-order valence-electron chi connectivity index (χ4n) is 2.92. The molecule has 0 atom stereocenters. The van der Waals surface area contributed by atoms with Gasteiger partial charge in [-0.25, -0.2) is 8.42 Å². The fourth-order valence-corrected chi connectivity index (χ4v) is 4.76. The van der Waals surface area contributed by atoms with Crippen LogP contribution in [0.2, 0.25) is 5.02 Å². The van der Waals surface area contributed by atoms with E-state index in [0.717, 1.165) is 5.56 Å². The highest BCUT2D eigenvalue weighted by Gasteiger charge is 2.30. The molecule has 1 aromatic carbocycles. The molecule has 1 aliphatic heterocycles. The Labute approximate surface area is 166 Å². The van der Waals surface area contributed by atoms with Crippen LogP contribution < -0.4 is 4.74 Å². The molecule has 0 radical (unpaired) electrons. The minimum atomic E-state index is -3.74. The first kappa shape index (κ1) is 21.9. The number of carbonyl (C=O) groups is 1. The molecule has 9 heteroatoms. The van der Waals surface area contributed by atoms with E-state index in [0.29, 0.717) is 56.5 Å². The molecular weight excluding hydrogens is 390 g/mol. The van der Waals surface area contributed by atoms with Crippen LogP contribution in [0.15, 0.2) is 17.0 Å². The number of halogens is 1. The number of carbonyl (C=O) groups excluding carboxylic acids is 1. The van der Waals surface area contributed by atoms with Gasteiger partial charge in [-0.2, -0.15) is 4.31 Å². The minimum Gasteiger partial charge on any atom is -0.492 e. The number of benzene rings is 1. The third kappa shape index (κ3) is 5.34. The van der Waals surface area contributed by atoms with Crippen LogP contribution in [-0.2, 0) is 14.8 Å². The van der Waals surface area contributed by atoms with Gasteiger partial charge in [0.2, 0.25) is 15.9 Å². The molecular formula is C18H28ClN3O4S. The summed E-state index contributed by atoms with van der Waals surface area (Å²) in [6.45, 7) is 6.18. The van der Waals surface area contributed by atoms with E-state index in [1.54, 1.807) is 25.1 Å². The highest BCUT2D eigenvalue weighted by Crippen LogP contribution is 2.32. The number of sulfonamides is 1. The van der Waals surface area contributed by atoms with Crippen LogP contribution >= 0.6 is 11.6 Å². The second-order valence-electron chi connectivity index (χ2n) is 6.80. The first-order valence-electron chi connectivity index (χ1n) is 9.02. The molecule has 0 aliphatic carbocycles. The Balaban J connectivity index is 2.22. The average Bonchev–Trinajstić information content (AvgIpc) is 2.84. The molecule has 0 aromatic heterocycles. The fraction of sp³-hybridized carbons (Fsp3) is 0.611. The number of ether oxygens (including phenoxy) is 1. The maximum Gasteiger partial charge on any atom is 0.246 e. The summed E-state index contributed by atoms with van der Waals surface area (Å²) >= 11 is 6.18. The van der Waals surface area contributed by atoms with Crippen molar-refractivity contribution >= 4 is 27.5 Å². The van der Waals surface area contributed by atoms with Gasteiger partial charge >= 0.3 is 0 Å². The third-order valence-corrected chi connectivity index (χ3v) is 6.87. The molecule has 1 saturated heterocycles. The van der Waals surface area contributed by atoms with Gasteiger partial charge in [0.1, 0.15) is 10.6 Å². The van der Waals surface area contributed by atoms with E-state index < -0.39 is 10.0 Å². The van der Waals surface area contributed by atoms with Crippen molar-refractivity contribution in [1.29, 1.82) is 0 Å². The summed E-state index contributed by atoms with van der Waals surface area (Å²) in [7, 11) is -0.313. The summed E-state index contributed by atoms with van der Waals surface area (Å²) in [6, 6.07) is 3.13. The Morgan fingerprint density at radius 3 is 2.56 bits per heavy atom. The predicted molar refractivity (Wildman–Crippen MR) is 106 cm³/mol. The summed E-state index contributed by atoms with van der Waals surface area (Å²) < 4.78 is 33.5. The number of hydrogen-bond donors (Lipinski definition) is 0. The maximum absolute atomic E-state index is 13.2. The SMILES string of the molecule is CCOc1cc(C)c(Cl)cc1S(=O)(=O)N1CCCN(CC(=O)N(C)C)CC1. The minimum absolute atomic E-state index is 0.00950. The van der Waals surface area contributed by atoms with Gasteiger partial charge in [-0.15, -0.1) is 0 Å². The van der Waals surface area contributed by atoms with Crippen LogP contribution in [0.1, 0.15) is 18.9 Å². The molecule has 1 fully saturated rings. The molecule has 152 valence electrons. The van der Waals surface area contributed by atoms with Crippen LogP contribution in [0.5, 0.6) is 5.75 Å².